The lowest BCUT2D eigenvalue weighted by molar-refractivity contribution is 0.412. The molecule has 0 bridgehead atoms. The summed E-state index contributed by atoms with van der Waals surface area (Å²) in [6, 6.07) is 18.0. The Balaban J connectivity index is 1.45. The zero-order chi connectivity index (χ0) is 28.2. The lowest BCUT2D eigenvalue weighted by atomic mass is 9.73. The average molecular weight is 557 g/mol. The molecule has 0 N–H and O–H groups in total. The number of hydrogen-bond donors (Lipinski definition) is 0. The van der Waals surface area contributed by atoms with Crippen molar-refractivity contribution in [3.63, 3.8) is 0 Å². The molecule has 0 amide bonds. The van der Waals surface area contributed by atoms with Gasteiger partial charge in [-0.05, 0) is 67.6 Å². The summed E-state index contributed by atoms with van der Waals surface area (Å²) in [5.41, 5.74) is 5.31. The molecule has 1 unspecified atom stereocenters. The standard InChI is InChI=1S/C30H32N6O3S/c1-21-15-27-24(18-31-36(27)25-14-22(2)29(37)33(3)19-25)16-26(21)30(17-23-8-6-5-7-9-23)11-13-35(20-30)40(38,39)28-10-12-34(4)32-28/h5-10,12,14-16,18-19H,11,13,17,20H2,1-4H3. The van der Waals surface area contributed by atoms with Crippen LogP contribution in [0.2, 0.25) is 0 Å². The van der Waals surface area contributed by atoms with E-state index in [-0.39, 0.29) is 10.6 Å². The summed E-state index contributed by atoms with van der Waals surface area (Å²) in [5, 5.41) is 9.91. The first-order valence-corrected chi connectivity index (χ1v) is 14.7. The van der Waals surface area contributed by atoms with Crippen molar-refractivity contribution < 1.29 is 8.42 Å². The van der Waals surface area contributed by atoms with Crippen LogP contribution in [0.4, 0.5) is 0 Å². The van der Waals surface area contributed by atoms with Crippen LogP contribution < -0.4 is 5.56 Å². The van der Waals surface area contributed by atoms with E-state index >= 15 is 0 Å². The minimum Gasteiger partial charge on any atom is -0.316 e. The van der Waals surface area contributed by atoms with Gasteiger partial charge in [0.15, 0.2) is 5.03 Å². The monoisotopic (exact) mass is 556 g/mol. The summed E-state index contributed by atoms with van der Waals surface area (Å²) >= 11 is 0. The van der Waals surface area contributed by atoms with Crippen molar-refractivity contribution in [1.82, 2.24) is 28.4 Å². The molecule has 9 nitrogen and oxygen atoms in total. The predicted octanol–water partition coefficient (Wildman–Crippen LogP) is 3.65. The summed E-state index contributed by atoms with van der Waals surface area (Å²) in [7, 11) is -0.269. The molecular formula is C30H32N6O3S. The molecule has 5 aromatic rings. The Bertz CT molecular complexity index is 1880. The molecule has 10 heteroatoms. The van der Waals surface area contributed by atoms with E-state index in [0.717, 1.165) is 33.3 Å². The fourth-order valence-electron chi connectivity index (χ4n) is 6.08. The molecule has 1 fully saturated rings. The Labute approximate surface area is 233 Å². The zero-order valence-corrected chi connectivity index (χ0v) is 23.9. The van der Waals surface area contributed by atoms with Crippen LogP contribution in [0.1, 0.15) is 28.7 Å². The molecule has 2 aromatic carbocycles. The summed E-state index contributed by atoms with van der Waals surface area (Å²) in [5.74, 6) is 0. The number of rotatable bonds is 6. The number of nitrogens with zero attached hydrogens (tertiary/aromatic N) is 6. The van der Waals surface area contributed by atoms with Gasteiger partial charge in [0.05, 0.1) is 17.4 Å². The van der Waals surface area contributed by atoms with E-state index in [2.05, 4.69) is 41.4 Å². The van der Waals surface area contributed by atoms with Gasteiger partial charge in [-0.25, -0.2) is 13.1 Å². The summed E-state index contributed by atoms with van der Waals surface area (Å²) in [4.78, 5) is 12.3. The van der Waals surface area contributed by atoms with Gasteiger partial charge in [-0.2, -0.15) is 14.5 Å². The molecule has 206 valence electrons. The van der Waals surface area contributed by atoms with Crippen molar-refractivity contribution in [3.8, 4) is 5.69 Å². The fraction of sp³-hybridized carbons (Fsp3) is 0.300. The number of fused-ring (bicyclic) bond motifs is 1. The first-order chi connectivity index (χ1) is 19.1. The third-order valence-electron chi connectivity index (χ3n) is 8.08. The van der Waals surface area contributed by atoms with Gasteiger partial charge in [-0.3, -0.25) is 9.48 Å². The van der Waals surface area contributed by atoms with Crippen molar-refractivity contribution in [1.29, 1.82) is 0 Å². The van der Waals surface area contributed by atoms with Crippen molar-refractivity contribution >= 4 is 20.9 Å². The average Bonchev–Trinajstić information content (AvgIpc) is 3.66. The third kappa shape index (κ3) is 4.37. The Hall–Kier alpha value is -4.02. The molecule has 1 aliphatic heterocycles. The van der Waals surface area contributed by atoms with Gasteiger partial charge >= 0.3 is 0 Å². The first kappa shape index (κ1) is 26.2. The van der Waals surface area contributed by atoms with Crippen LogP contribution in [-0.2, 0) is 36.0 Å². The van der Waals surface area contributed by atoms with E-state index in [9.17, 15) is 13.2 Å². The number of sulfonamides is 1. The second-order valence-corrected chi connectivity index (χ2v) is 12.8. The van der Waals surface area contributed by atoms with E-state index in [1.807, 2.05) is 35.1 Å². The predicted molar refractivity (Wildman–Crippen MR) is 154 cm³/mol. The van der Waals surface area contributed by atoms with Gasteiger partial charge in [0.1, 0.15) is 0 Å². The molecule has 0 radical (unpaired) electrons. The Morgan fingerprint density at radius 2 is 1.77 bits per heavy atom. The molecule has 0 aliphatic carbocycles. The molecule has 0 saturated carbocycles. The van der Waals surface area contributed by atoms with Gasteiger partial charge in [-0.1, -0.05) is 30.3 Å². The van der Waals surface area contributed by atoms with E-state index in [1.165, 1.54) is 4.68 Å². The molecule has 1 saturated heterocycles. The van der Waals surface area contributed by atoms with Crippen molar-refractivity contribution in [3.05, 3.63) is 106 Å². The lowest BCUT2D eigenvalue weighted by Crippen LogP contribution is -2.36. The summed E-state index contributed by atoms with van der Waals surface area (Å²) < 4.78 is 33.7. The molecule has 1 aliphatic rings. The highest BCUT2D eigenvalue weighted by Crippen LogP contribution is 2.42. The second kappa shape index (κ2) is 9.57. The molecule has 40 heavy (non-hydrogen) atoms. The number of aryl methyl sites for hydroxylation is 4. The van der Waals surface area contributed by atoms with E-state index in [1.54, 1.807) is 48.4 Å². The normalized spacial score (nSPS) is 18.1. The molecule has 1 atom stereocenters. The van der Waals surface area contributed by atoms with Crippen LogP contribution in [0.15, 0.2) is 83.0 Å². The van der Waals surface area contributed by atoms with Gasteiger partial charge < -0.3 is 4.57 Å². The number of aromatic nitrogens is 5. The smallest absolute Gasteiger partial charge is 0.262 e. The van der Waals surface area contributed by atoms with Crippen molar-refractivity contribution in [2.24, 2.45) is 14.1 Å². The van der Waals surface area contributed by atoms with Crippen LogP contribution in [0.5, 0.6) is 0 Å². The summed E-state index contributed by atoms with van der Waals surface area (Å²) in [6.45, 7) is 4.67. The number of benzene rings is 2. The maximum absolute atomic E-state index is 13.6. The highest BCUT2D eigenvalue weighted by Gasteiger charge is 2.45. The molecular weight excluding hydrogens is 524 g/mol. The molecule has 4 heterocycles. The highest BCUT2D eigenvalue weighted by atomic mass is 32.2. The van der Waals surface area contributed by atoms with E-state index in [0.29, 0.717) is 31.5 Å². The maximum Gasteiger partial charge on any atom is 0.262 e. The van der Waals surface area contributed by atoms with Crippen LogP contribution in [0, 0.1) is 13.8 Å². The van der Waals surface area contributed by atoms with E-state index in [4.69, 9.17) is 0 Å². The lowest BCUT2D eigenvalue weighted by Gasteiger charge is -2.32. The second-order valence-electron chi connectivity index (χ2n) is 10.9. The minimum absolute atomic E-state index is 0.0343. The Kier molecular flexibility index (Phi) is 6.27. The SMILES string of the molecule is Cc1cc2c(cnn2-c2cc(C)c(=O)n(C)c2)cc1C1(Cc2ccccc2)CCN(S(=O)(=O)c2ccn(C)n2)C1. The van der Waals surface area contributed by atoms with Gasteiger partial charge in [-0.15, -0.1) is 0 Å². The van der Waals surface area contributed by atoms with Crippen molar-refractivity contribution in [2.45, 2.75) is 37.1 Å². The minimum atomic E-state index is -3.73. The summed E-state index contributed by atoms with van der Waals surface area (Å²) in [6.07, 6.45) is 6.69. The van der Waals surface area contributed by atoms with Crippen LogP contribution in [-0.4, -0.2) is 49.9 Å². The molecule has 6 rings (SSSR count). The molecule has 3 aromatic heterocycles. The van der Waals surface area contributed by atoms with Gasteiger partial charge in [0.2, 0.25) is 0 Å². The highest BCUT2D eigenvalue weighted by molar-refractivity contribution is 7.89. The number of hydrogen-bond acceptors (Lipinski definition) is 5. The first-order valence-electron chi connectivity index (χ1n) is 13.3. The number of pyridine rings is 1. The van der Waals surface area contributed by atoms with Gasteiger partial charge in [0, 0.05) is 55.9 Å². The quantitative estimate of drug-likeness (QED) is 0.318. The largest absolute Gasteiger partial charge is 0.316 e. The maximum atomic E-state index is 13.6. The molecule has 0 spiro atoms. The van der Waals surface area contributed by atoms with Gasteiger partial charge in [0.25, 0.3) is 15.6 Å². The third-order valence-corrected chi connectivity index (χ3v) is 9.81. The van der Waals surface area contributed by atoms with Crippen molar-refractivity contribution in [2.75, 3.05) is 13.1 Å². The van der Waals surface area contributed by atoms with Crippen LogP contribution in [0.3, 0.4) is 0 Å². The Morgan fingerprint density at radius 1 is 1.00 bits per heavy atom. The zero-order valence-electron chi connectivity index (χ0n) is 23.1. The van der Waals surface area contributed by atoms with E-state index < -0.39 is 15.4 Å². The van der Waals surface area contributed by atoms with Crippen LogP contribution >= 0.6 is 0 Å². The topological polar surface area (TPSA) is 95.0 Å². The Morgan fingerprint density at radius 3 is 2.48 bits per heavy atom. The van der Waals surface area contributed by atoms with Crippen LogP contribution in [0.25, 0.3) is 16.6 Å². The fourth-order valence-corrected chi connectivity index (χ4v) is 7.55.